The van der Waals surface area contributed by atoms with E-state index in [9.17, 15) is 9.59 Å². The molecule has 126 valence electrons. The van der Waals surface area contributed by atoms with Crippen molar-refractivity contribution in [1.82, 2.24) is 9.80 Å². The van der Waals surface area contributed by atoms with Crippen molar-refractivity contribution in [2.24, 2.45) is 0 Å². The highest BCUT2D eigenvalue weighted by Gasteiger charge is 2.34. The van der Waals surface area contributed by atoms with Crippen LogP contribution in [0.1, 0.15) is 60.4 Å². The summed E-state index contributed by atoms with van der Waals surface area (Å²) in [5.74, 6) is 1.61. The number of carbonyl (C=O) groups is 2. The summed E-state index contributed by atoms with van der Waals surface area (Å²) in [6, 6.07) is 2.10. The molecule has 2 fully saturated rings. The quantitative estimate of drug-likeness (QED) is 0.839. The number of piperidine rings is 1. The summed E-state index contributed by atoms with van der Waals surface area (Å²) in [6.45, 7) is 5.93. The molecule has 0 bridgehead atoms. The number of nitrogens with zero attached hydrogens (tertiary/aromatic N) is 2. The first-order valence-corrected chi connectivity index (χ1v) is 8.72. The van der Waals surface area contributed by atoms with Gasteiger partial charge in [0, 0.05) is 32.1 Å². The second-order valence-electron chi connectivity index (χ2n) is 6.75. The third-order valence-corrected chi connectivity index (χ3v) is 4.80. The number of hydrogen-bond acceptors (Lipinski definition) is 3. The second-order valence-corrected chi connectivity index (χ2v) is 6.75. The minimum Gasteiger partial charge on any atom is -0.466 e. The van der Waals surface area contributed by atoms with Gasteiger partial charge >= 0.3 is 0 Å². The van der Waals surface area contributed by atoms with Gasteiger partial charge in [-0.1, -0.05) is 0 Å². The highest BCUT2D eigenvalue weighted by atomic mass is 16.3. The molecule has 0 N–H and O–H groups in total. The fraction of sp³-hybridized carbons (Fsp3) is 0.667. The molecule has 1 saturated heterocycles. The van der Waals surface area contributed by atoms with Crippen LogP contribution in [0.15, 0.2) is 10.5 Å². The van der Waals surface area contributed by atoms with Crippen molar-refractivity contribution in [1.29, 1.82) is 0 Å². The summed E-state index contributed by atoms with van der Waals surface area (Å²) in [7, 11) is 0. The summed E-state index contributed by atoms with van der Waals surface area (Å²) in [5, 5.41) is 0. The first-order valence-electron chi connectivity index (χ1n) is 8.72. The summed E-state index contributed by atoms with van der Waals surface area (Å²) < 4.78 is 5.48. The smallest absolute Gasteiger partial charge is 0.257 e. The normalized spacial score (nSPS) is 18.1. The molecule has 1 aliphatic carbocycles. The van der Waals surface area contributed by atoms with E-state index in [-0.39, 0.29) is 11.8 Å². The van der Waals surface area contributed by atoms with Crippen LogP contribution >= 0.6 is 0 Å². The molecule has 1 aromatic heterocycles. The van der Waals surface area contributed by atoms with E-state index in [2.05, 4.69) is 0 Å². The second kappa shape index (κ2) is 6.77. The number of likely N-dealkylation sites (tertiary alicyclic amines) is 1. The molecule has 1 saturated carbocycles. The summed E-state index contributed by atoms with van der Waals surface area (Å²) in [4.78, 5) is 29.0. The lowest BCUT2D eigenvalue weighted by Crippen LogP contribution is -2.40. The average Bonchev–Trinajstić information content (AvgIpc) is 3.32. The van der Waals surface area contributed by atoms with Gasteiger partial charge in [0.05, 0.1) is 5.56 Å². The van der Waals surface area contributed by atoms with Crippen LogP contribution in [0.2, 0.25) is 0 Å². The minimum atomic E-state index is 0.00768. The predicted octanol–water partition coefficient (Wildman–Crippen LogP) is 2.90. The van der Waals surface area contributed by atoms with Crippen LogP contribution in [0, 0.1) is 13.8 Å². The molecule has 1 aromatic rings. The van der Waals surface area contributed by atoms with E-state index in [1.807, 2.05) is 23.6 Å². The molecule has 0 radical (unpaired) electrons. The van der Waals surface area contributed by atoms with Gasteiger partial charge < -0.3 is 14.2 Å². The first kappa shape index (κ1) is 16.1. The van der Waals surface area contributed by atoms with Crippen LogP contribution in [0.4, 0.5) is 0 Å². The van der Waals surface area contributed by atoms with Gasteiger partial charge in [-0.3, -0.25) is 9.59 Å². The molecule has 2 heterocycles. The monoisotopic (exact) mass is 318 g/mol. The lowest BCUT2D eigenvalue weighted by atomic mass is 10.1. The molecule has 0 atom stereocenters. The van der Waals surface area contributed by atoms with Crippen molar-refractivity contribution < 1.29 is 14.0 Å². The number of rotatable bonds is 5. The van der Waals surface area contributed by atoms with Gasteiger partial charge in [0.2, 0.25) is 5.91 Å². The Labute approximate surface area is 137 Å². The van der Waals surface area contributed by atoms with Crippen LogP contribution in [0.3, 0.4) is 0 Å². The first-order chi connectivity index (χ1) is 11.1. The van der Waals surface area contributed by atoms with E-state index in [0.717, 1.165) is 44.5 Å². The highest BCUT2D eigenvalue weighted by Crippen LogP contribution is 2.29. The molecule has 2 aliphatic rings. The molecule has 0 unspecified atom stereocenters. The van der Waals surface area contributed by atoms with Gasteiger partial charge in [-0.2, -0.15) is 0 Å². The number of carbonyl (C=O) groups excluding carboxylic acids is 2. The summed E-state index contributed by atoms with van der Waals surface area (Å²) in [6.07, 6.45) is 5.93. The Hall–Kier alpha value is -1.78. The van der Waals surface area contributed by atoms with Crippen LogP contribution in [-0.4, -0.2) is 47.3 Å². The summed E-state index contributed by atoms with van der Waals surface area (Å²) >= 11 is 0. The van der Waals surface area contributed by atoms with Gasteiger partial charge in [-0.25, -0.2) is 0 Å². The number of furan rings is 1. The molecule has 2 amide bonds. The van der Waals surface area contributed by atoms with Gasteiger partial charge in [-0.15, -0.1) is 0 Å². The topological polar surface area (TPSA) is 53.8 Å². The van der Waals surface area contributed by atoms with Crippen molar-refractivity contribution in [3.8, 4) is 0 Å². The zero-order chi connectivity index (χ0) is 16.4. The van der Waals surface area contributed by atoms with Crippen LogP contribution < -0.4 is 0 Å². The molecule has 0 spiro atoms. The van der Waals surface area contributed by atoms with Gasteiger partial charge in [0.15, 0.2) is 0 Å². The fourth-order valence-corrected chi connectivity index (χ4v) is 3.35. The molecule has 1 aliphatic heterocycles. The minimum absolute atomic E-state index is 0.00768. The highest BCUT2D eigenvalue weighted by molar-refractivity contribution is 5.96. The Morgan fingerprint density at radius 1 is 1.22 bits per heavy atom. The Bertz CT molecular complexity index is 583. The molecule has 5 heteroatoms. The van der Waals surface area contributed by atoms with E-state index in [1.165, 1.54) is 6.42 Å². The maximum absolute atomic E-state index is 12.8. The third kappa shape index (κ3) is 3.77. The van der Waals surface area contributed by atoms with Crippen molar-refractivity contribution in [2.75, 3.05) is 19.6 Å². The van der Waals surface area contributed by atoms with Crippen molar-refractivity contribution in [3.63, 3.8) is 0 Å². The van der Waals surface area contributed by atoms with E-state index < -0.39 is 0 Å². The summed E-state index contributed by atoms with van der Waals surface area (Å²) in [5.41, 5.74) is 0.639. The Kier molecular flexibility index (Phi) is 4.74. The average molecular weight is 318 g/mol. The molecular weight excluding hydrogens is 292 g/mol. The molecule has 3 rings (SSSR count). The third-order valence-electron chi connectivity index (χ3n) is 4.80. The van der Waals surface area contributed by atoms with E-state index in [1.54, 1.807) is 6.07 Å². The number of hydrogen-bond donors (Lipinski definition) is 0. The molecule has 23 heavy (non-hydrogen) atoms. The maximum atomic E-state index is 12.8. The molecule has 0 aromatic carbocycles. The Morgan fingerprint density at radius 2 is 1.91 bits per heavy atom. The lowest BCUT2D eigenvalue weighted by Gasteiger charge is -2.28. The largest absolute Gasteiger partial charge is 0.466 e. The van der Waals surface area contributed by atoms with E-state index in [0.29, 0.717) is 30.3 Å². The van der Waals surface area contributed by atoms with Gasteiger partial charge in [-0.05, 0) is 52.0 Å². The van der Waals surface area contributed by atoms with Crippen molar-refractivity contribution >= 4 is 11.8 Å². The number of amides is 2. The Balaban J connectivity index is 1.62. The SMILES string of the molecule is Cc1cc(C(=O)N(CCC(=O)N2CCCCC2)C2CC2)c(C)o1. The molecular formula is C18H26N2O3. The maximum Gasteiger partial charge on any atom is 0.257 e. The van der Waals surface area contributed by atoms with E-state index >= 15 is 0 Å². The fourth-order valence-electron chi connectivity index (χ4n) is 3.35. The van der Waals surface area contributed by atoms with Crippen molar-refractivity contribution in [3.05, 3.63) is 23.2 Å². The zero-order valence-electron chi connectivity index (χ0n) is 14.1. The lowest BCUT2D eigenvalue weighted by molar-refractivity contribution is -0.132. The van der Waals surface area contributed by atoms with E-state index in [4.69, 9.17) is 4.42 Å². The Morgan fingerprint density at radius 3 is 2.48 bits per heavy atom. The standard InChI is InChI=1S/C18H26N2O3/c1-13-12-16(14(2)23-13)18(22)20(15-6-7-15)11-8-17(21)19-9-4-3-5-10-19/h12,15H,3-11H2,1-2H3. The zero-order valence-corrected chi connectivity index (χ0v) is 14.1. The number of aryl methyl sites for hydroxylation is 2. The van der Waals surface area contributed by atoms with Crippen LogP contribution in [-0.2, 0) is 4.79 Å². The molecule has 5 nitrogen and oxygen atoms in total. The van der Waals surface area contributed by atoms with Gasteiger partial charge in [0.1, 0.15) is 11.5 Å². The van der Waals surface area contributed by atoms with Crippen molar-refractivity contribution in [2.45, 2.75) is 58.4 Å². The predicted molar refractivity (Wildman–Crippen MR) is 87.3 cm³/mol. The van der Waals surface area contributed by atoms with Gasteiger partial charge in [0.25, 0.3) is 5.91 Å². The van der Waals surface area contributed by atoms with Crippen LogP contribution in [0.25, 0.3) is 0 Å². The van der Waals surface area contributed by atoms with Crippen LogP contribution in [0.5, 0.6) is 0 Å².